The van der Waals surface area contributed by atoms with Gasteiger partial charge in [-0.3, -0.25) is 0 Å². The molecule has 3 nitrogen and oxygen atoms in total. The van der Waals surface area contributed by atoms with Crippen molar-refractivity contribution in [1.82, 2.24) is 0 Å². The van der Waals surface area contributed by atoms with Gasteiger partial charge >= 0.3 is 23.1 Å². The molecule has 0 saturated carbocycles. The van der Waals surface area contributed by atoms with Crippen LogP contribution < -0.4 is 0 Å². The van der Waals surface area contributed by atoms with Crippen molar-refractivity contribution in [2.24, 2.45) is 0 Å². The van der Waals surface area contributed by atoms with Gasteiger partial charge in [-0.1, -0.05) is 13.8 Å². The Morgan fingerprint density at radius 1 is 1.29 bits per heavy atom. The fourth-order valence-corrected chi connectivity index (χ4v) is 0. The van der Waals surface area contributed by atoms with Gasteiger partial charge in [0, 0.05) is 6.10 Å². The third-order valence-electron chi connectivity index (χ3n) is 0. The van der Waals surface area contributed by atoms with Crippen molar-refractivity contribution in [3.8, 4) is 0 Å². The van der Waals surface area contributed by atoms with Crippen molar-refractivity contribution in [2.75, 3.05) is 0 Å². The van der Waals surface area contributed by atoms with E-state index in [1.807, 2.05) is 13.8 Å². The summed E-state index contributed by atoms with van der Waals surface area (Å²) in [6.07, 6.45) is 0.583. The molecule has 0 aromatic carbocycles. The quantitative estimate of drug-likeness (QED) is 0.500. The Labute approximate surface area is 107 Å². The fourth-order valence-electron chi connectivity index (χ4n) is 0. The van der Waals surface area contributed by atoms with Gasteiger partial charge in [-0.15, -0.1) is 0 Å². The maximum atomic E-state index is 9.44. The number of hydrogen-bond acceptors (Lipinski definition) is 3. The summed E-state index contributed by atoms with van der Waals surface area (Å²) < 4.78 is 0. The normalized spacial score (nSPS) is 5.79. The van der Waals surface area contributed by atoms with Crippen LogP contribution in [0.25, 0.3) is 0 Å². The Hall–Kier alpha value is 0.0662. The van der Waals surface area contributed by atoms with E-state index in [0.29, 0.717) is 0 Å². The Bertz CT molecular complexity index is 95.3. The van der Waals surface area contributed by atoms with E-state index in [1.54, 1.807) is 13.8 Å². The van der Waals surface area contributed by atoms with Crippen LogP contribution in [-0.4, -0.2) is 46.3 Å². The second-order valence-corrected chi connectivity index (χ2v) is 2.24. The Balaban J connectivity index is -0.0000000131. The molecule has 4 heteroatoms. The van der Waals surface area contributed by atoms with Crippen molar-refractivity contribution in [3.63, 3.8) is 0 Å². The van der Waals surface area contributed by atoms with E-state index in [9.17, 15) is 4.79 Å². The Morgan fingerprint density at radius 3 is 1.29 bits per heavy atom. The van der Waals surface area contributed by atoms with Crippen LogP contribution in [0, 0.1) is 0 Å². The van der Waals surface area contributed by atoms with E-state index in [4.69, 9.17) is 9.90 Å². The molecule has 0 aromatic rings. The topological polar surface area (TPSA) is 54.4 Å². The maximum Gasteiger partial charge on any atom is 2.00 e. The first kappa shape index (κ1) is 29.2. The molecular formula is C10H26MgO3. The Kier molecular flexibility index (Phi) is 79.5. The zero-order chi connectivity index (χ0) is 11.9. The van der Waals surface area contributed by atoms with Gasteiger partial charge in [-0.25, -0.2) is 0 Å². The van der Waals surface area contributed by atoms with Gasteiger partial charge in [0.1, 0.15) is 12.1 Å². The summed E-state index contributed by atoms with van der Waals surface area (Å²) in [5.74, 6) is 0.167. The molecule has 0 rings (SSSR count). The average molecular weight is 219 g/mol. The molecule has 0 aliphatic rings. The van der Waals surface area contributed by atoms with E-state index in [-0.39, 0.29) is 37.8 Å². The smallest absolute Gasteiger partial charge is 1.00 e. The molecule has 0 aromatic heterocycles. The number of carbonyl (C=O) groups is 2. The summed E-state index contributed by atoms with van der Waals surface area (Å²) in [4.78, 5) is 18.2. The van der Waals surface area contributed by atoms with Gasteiger partial charge in [0.05, 0.1) is 0 Å². The minimum absolute atomic E-state index is 0. The van der Waals surface area contributed by atoms with Gasteiger partial charge in [0.25, 0.3) is 0 Å². The molecule has 0 amide bonds. The molecule has 0 unspecified atom stereocenters. The van der Waals surface area contributed by atoms with Crippen molar-refractivity contribution in [1.29, 1.82) is 0 Å². The Morgan fingerprint density at radius 2 is 1.29 bits per heavy atom. The second-order valence-electron chi connectivity index (χ2n) is 2.24. The third-order valence-corrected chi connectivity index (χ3v) is 0. The van der Waals surface area contributed by atoms with Crippen molar-refractivity contribution < 1.29 is 17.5 Å². The first-order chi connectivity index (χ1) is 5.88. The van der Waals surface area contributed by atoms with E-state index < -0.39 is 0 Å². The molecule has 1 N–H and O–H groups in total. The van der Waals surface area contributed by atoms with Crippen LogP contribution in [0.2, 0.25) is 0 Å². The van der Waals surface area contributed by atoms with Crippen LogP contribution in [0.5, 0.6) is 0 Å². The third kappa shape index (κ3) is 337000. The van der Waals surface area contributed by atoms with Crippen LogP contribution in [0.3, 0.4) is 0 Å². The largest absolute Gasteiger partial charge is 2.00 e. The van der Waals surface area contributed by atoms with Gasteiger partial charge in [0.15, 0.2) is 0 Å². The zero-order valence-electron chi connectivity index (χ0n) is 12.6. The van der Waals surface area contributed by atoms with Crippen molar-refractivity contribution >= 4 is 35.1 Å². The summed E-state index contributed by atoms with van der Waals surface area (Å²) in [6, 6.07) is 0. The predicted molar refractivity (Wildman–Crippen MR) is 64.8 cm³/mol. The molecule has 0 radical (unpaired) electrons. The molecule has 0 aliphatic heterocycles. The van der Waals surface area contributed by atoms with E-state index in [2.05, 4.69) is 0 Å². The second kappa shape index (κ2) is 38.1. The van der Waals surface area contributed by atoms with Crippen LogP contribution in [0.4, 0.5) is 0 Å². The molecule has 0 heterocycles. The van der Waals surface area contributed by atoms with Crippen molar-refractivity contribution in [2.45, 2.75) is 54.6 Å². The molecule has 0 fully saturated rings. The molecule has 0 aliphatic carbocycles. The van der Waals surface area contributed by atoms with E-state index in [1.165, 1.54) is 20.8 Å². The summed E-state index contributed by atoms with van der Waals surface area (Å²) in [6.45, 7) is 11.9. The monoisotopic (exact) mass is 218 g/mol. The molecule has 0 bridgehead atoms. The molecular weight excluding hydrogens is 192 g/mol. The minimum Gasteiger partial charge on any atom is -1.00 e. The van der Waals surface area contributed by atoms with Gasteiger partial charge in [-0.2, -0.15) is 0 Å². The van der Waals surface area contributed by atoms with Crippen LogP contribution in [0.15, 0.2) is 0 Å². The number of aliphatic hydroxyl groups excluding tert-OH is 1. The number of carbonyl (C=O) groups excluding carboxylic acids is 2. The zero-order valence-corrected chi connectivity index (χ0v) is 12.0. The van der Waals surface area contributed by atoms with Crippen LogP contribution in [-0.2, 0) is 9.59 Å². The van der Waals surface area contributed by atoms with Gasteiger partial charge in [-0.05, 0) is 34.6 Å². The van der Waals surface area contributed by atoms with E-state index >= 15 is 0 Å². The number of aliphatic hydroxyl groups is 1. The van der Waals surface area contributed by atoms with Crippen LogP contribution in [0.1, 0.15) is 51.3 Å². The van der Waals surface area contributed by atoms with Crippen LogP contribution >= 0.6 is 0 Å². The van der Waals surface area contributed by atoms with Gasteiger partial charge < -0.3 is 17.5 Å². The minimum atomic E-state index is -0.167. The number of aldehydes is 1. The number of hydrogen-bond donors (Lipinski definition) is 1. The molecule has 0 spiro atoms. The van der Waals surface area contributed by atoms with Crippen molar-refractivity contribution in [3.05, 3.63) is 0 Å². The van der Waals surface area contributed by atoms with E-state index in [0.717, 1.165) is 6.29 Å². The van der Waals surface area contributed by atoms with Gasteiger partial charge in [0.2, 0.25) is 0 Å². The SMILES string of the molecule is CC.CC(C)=O.CC(C)O.CC=O.[H-].[H-].[Mg+2]. The first-order valence-corrected chi connectivity index (χ1v) is 4.43. The average Bonchev–Trinajstić information content (AvgIpc) is 1.89. The molecule has 14 heavy (non-hydrogen) atoms. The first-order valence-electron chi connectivity index (χ1n) is 4.43. The summed E-state index contributed by atoms with van der Waals surface area (Å²) >= 11 is 0. The number of rotatable bonds is 0. The number of Topliss-reactive ketones (excluding diaryl/α,β-unsaturated/α-hetero) is 1. The predicted octanol–water partition coefficient (Wildman–Crippen LogP) is 2.06. The molecule has 0 saturated heterocycles. The molecule has 0 atom stereocenters. The summed E-state index contributed by atoms with van der Waals surface area (Å²) in [5, 5.41) is 8.06. The summed E-state index contributed by atoms with van der Waals surface area (Å²) in [7, 11) is 0. The maximum absolute atomic E-state index is 9.44. The standard InChI is InChI=1S/C3H8O.C3H6O.C2H4O.C2H6.Mg.2H/c2*1-3(2)4;1-2-3;1-2;;;/h3-4H,1-2H3;1-2H3;2H,1H3;1-2H3;;;/q;;;;+2;2*-1. The fraction of sp³-hybridized carbons (Fsp3) is 0.800. The molecule has 86 valence electrons. The summed E-state index contributed by atoms with van der Waals surface area (Å²) in [5.41, 5.74) is 0. The number of ketones is 1.